The van der Waals surface area contributed by atoms with Crippen molar-refractivity contribution in [2.45, 2.75) is 50.6 Å². The van der Waals surface area contributed by atoms with Gasteiger partial charge in [-0.3, -0.25) is 4.90 Å². The normalized spacial score (nSPS) is 30.2. The third-order valence-corrected chi connectivity index (χ3v) is 4.29. The summed E-state index contributed by atoms with van der Waals surface area (Å²) in [5, 5.41) is 0. The van der Waals surface area contributed by atoms with Crippen LogP contribution in [-0.4, -0.2) is 23.5 Å². The highest BCUT2D eigenvalue weighted by molar-refractivity contribution is 5.16. The lowest BCUT2D eigenvalue weighted by Gasteiger charge is -2.34. The van der Waals surface area contributed by atoms with Crippen LogP contribution in [-0.2, 0) is 6.42 Å². The van der Waals surface area contributed by atoms with Gasteiger partial charge in [0, 0.05) is 12.1 Å². The molecule has 0 spiro atoms. The monoisotopic (exact) mass is 215 g/mol. The van der Waals surface area contributed by atoms with Crippen LogP contribution in [0.5, 0.6) is 0 Å². The molecule has 86 valence electrons. The fourth-order valence-corrected chi connectivity index (χ4v) is 3.47. The van der Waals surface area contributed by atoms with E-state index in [0.29, 0.717) is 0 Å². The second-order valence-corrected chi connectivity index (χ2v) is 5.31. The van der Waals surface area contributed by atoms with Crippen molar-refractivity contribution in [2.24, 2.45) is 0 Å². The molecular formula is C15H21N. The molecule has 2 aliphatic rings. The molecular weight excluding hydrogens is 194 g/mol. The van der Waals surface area contributed by atoms with Crippen LogP contribution in [0.1, 0.15) is 37.7 Å². The summed E-state index contributed by atoms with van der Waals surface area (Å²) >= 11 is 0. The molecule has 1 nitrogen and oxygen atoms in total. The fraction of sp³-hybridized carbons (Fsp3) is 0.600. The zero-order valence-electron chi connectivity index (χ0n) is 9.94. The van der Waals surface area contributed by atoms with Crippen LogP contribution in [0.4, 0.5) is 0 Å². The zero-order valence-corrected chi connectivity index (χ0v) is 9.94. The summed E-state index contributed by atoms with van der Waals surface area (Å²) in [7, 11) is 0. The van der Waals surface area contributed by atoms with Crippen molar-refractivity contribution < 1.29 is 0 Å². The molecule has 0 radical (unpaired) electrons. The number of fused-ring (bicyclic) bond motifs is 1. The molecule has 1 aromatic rings. The largest absolute Gasteiger partial charge is 0.297 e. The Hall–Kier alpha value is -0.820. The molecule has 2 atom stereocenters. The van der Waals surface area contributed by atoms with Crippen LogP contribution in [0.15, 0.2) is 30.3 Å². The molecule has 0 bridgehead atoms. The maximum Gasteiger partial charge on any atom is 0.0139 e. The summed E-state index contributed by atoms with van der Waals surface area (Å²) < 4.78 is 0. The van der Waals surface area contributed by atoms with Gasteiger partial charge >= 0.3 is 0 Å². The van der Waals surface area contributed by atoms with Gasteiger partial charge in [-0.15, -0.1) is 0 Å². The lowest BCUT2D eigenvalue weighted by Crippen LogP contribution is -2.40. The molecule has 2 fully saturated rings. The summed E-state index contributed by atoms with van der Waals surface area (Å²) in [5.41, 5.74) is 1.51. The molecule has 3 rings (SSSR count). The van der Waals surface area contributed by atoms with E-state index in [0.717, 1.165) is 12.1 Å². The van der Waals surface area contributed by atoms with E-state index in [4.69, 9.17) is 0 Å². The van der Waals surface area contributed by atoms with E-state index in [1.807, 2.05) is 0 Å². The second kappa shape index (κ2) is 4.58. The molecule has 2 unspecified atom stereocenters. The first-order chi connectivity index (χ1) is 7.93. The smallest absolute Gasteiger partial charge is 0.0139 e. The molecule has 1 aromatic carbocycles. The molecule has 0 aromatic heterocycles. The molecule has 2 heterocycles. The van der Waals surface area contributed by atoms with Crippen molar-refractivity contribution in [1.82, 2.24) is 4.90 Å². The molecule has 2 saturated heterocycles. The van der Waals surface area contributed by atoms with E-state index in [-0.39, 0.29) is 0 Å². The van der Waals surface area contributed by atoms with Crippen molar-refractivity contribution in [3.63, 3.8) is 0 Å². The van der Waals surface area contributed by atoms with Gasteiger partial charge in [0.2, 0.25) is 0 Å². The summed E-state index contributed by atoms with van der Waals surface area (Å²) in [4.78, 5) is 2.79. The minimum absolute atomic E-state index is 0.827. The quantitative estimate of drug-likeness (QED) is 0.732. The van der Waals surface area contributed by atoms with Crippen LogP contribution >= 0.6 is 0 Å². The Kier molecular flexibility index (Phi) is 2.96. The van der Waals surface area contributed by atoms with Gasteiger partial charge in [0.05, 0.1) is 0 Å². The molecule has 2 aliphatic heterocycles. The Morgan fingerprint density at radius 2 is 1.88 bits per heavy atom. The number of benzene rings is 1. The minimum atomic E-state index is 0.827. The maximum absolute atomic E-state index is 2.79. The molecule has 0 amide bonds. The van der Waals surface area contributed by atoms with Crippen molar-refractivity contribution in [3.05, 3.63) is 35.9 Å². The van der Waals surface area contributed by atoms with Gasteiger partial charge in [0.25, 0.3) is 0 Å². The summed E-state index contributed by atoms with van der Waals surface area (Å²) in [6.45, 7) is 1.35. The van der Waals surface area contributed by atoms with Crippen LogP contribution < -0.4 is 0 Å². The predicted molar refractivity (Wildman–Crippen MR) is 67.5 cm³/mol. The Morgan fingerprint density at radius 1 is 1.00 bits per heavy atom. The average Bonchev–Trinajstić information content (AvgIpc) is 2.74. The van der Waals surface area contributed by atoms with Crippen molar-refractivity contribution in [2.75, 3.05) is 6.54 Å². The first-order valence-corrected chi connectivity index (χ1v) is 6.73. The first-order valence-electron chi connectivity index (χ1n) is 6.73. The molecule has 16 heavy (non-hydrogen) atoms. The van der Waals surface area contributed by atoms with Gasteiger partial charge in [0.1, 0.15) is 0 Å². The lowest BCUT2D eigenvalue weighted by atomic mass is 10.0. The number of rotatable bonds is 2. The van der Waals surface area contributed by atoms with E-state index in [1.54, 1.807) is 0 Å². The number of nitrogens with zero attached hydrogens (tertiary/aromatic N) is 1. The number of hydrogen-bond donors (Lipinski definition) is 0. The topological polar surface area (TPSA) is 3.24 Å². The van der Waals surface area contributed by atoms with Crippen LogP contribution in [0.3, 0.4) is 0 Å². The fourth-order valence-electron chi connectivity index (χ4n) is 3.47. The van der Waals surface area contributed by atoms with Gasteiger partial charge in [0.15, 0.2) is 0 Å². The maximum atomic E-state index is 2.79. The summed E-state index contributed by atoms with van der Waals surface area (Å²) in [6, 6.07) is 12.7. The Labute approximate surface area is 98.5 Å². The van der Waals surface area contributed by atoms with Gasteiger partial charge in [-0.25, -0.2) is 0 Å². The third kappa shape index (κ3) is 2.01. The molecule has 0 aliphatic carbocycles. The standard InChI is InChI=1S/C15H21N/c1-2-6-13(7-3-1)12-15-10-9-14-8-4-5-11-16(14)15/h1-3,6-7,14-15H,4-5,8-12H2. The minimum Gasteiger partial charge on any atom is -0.297 e. The average molecular weight is 215 g/mol. The van der Waals surface area contributed by atoms with Crippen molar-refractivity contribution in [1.29, 1.82) is 0 Å². The Bertz CT molecular complexity index is 333. The van der Waals surface area contributed by atoms with Gasteiger partial charge in [-0.2, -0.15) is 0 Å². The van der Waals surface area contributed by atoms with E-state index >= 15 is 0 Å². The first kappa shape index (κ1) is 10.3. The molecule has 0 N–H and O–H groups in total. The summed E-state index contributed by atoms with van der Waals surface area (Å²) in [5.74, 6) is 0. The predicted octanol–water partition coefficient (Wildman–Crippen LogP) is 3.25. The van der Waals surface area contributed by atoms with E-state index in [1.165, 1.54) is 50.6 Å². The van der Waals surface area contributed by atoms with Gasteiger partial charge in [-0.05, 0) is 44.2 Å². The van der Waals surface area contributed by atoms with Crippen molar-refractivity contribution >= 4 is 0 Å². The highest BCUT2D eigenvalue weighted by Gasteiger charge is 2.34. The second-order valence-electron chi connectivity index (χ2n) is 5.31. The van der Waals surface area contributed by atoms with E-state index < -0.39 is 0 Å². The van der Waals surface area contributed by atoms with Crippen LogP contribution in [0.2, 0.25) is 0 Å². The third-order valence-electron chi connectivity index (χ3n) is 4.29. The highest BCUT2D eigenvalue weighted by Crippen LogP contribution is 2.32. The SMILES string of the molecule is c1ccc(CC2CCC3CCCCN32)cc1. The Balaban J connectivity index is 1.67. The lowest BCUT2D eigenvalue weighted by molar-refractivity contribution is 0.149. The number of hydrogen-bond acceptors (Lipinski definition) is 1. The summed E-state index contributed by atoms with van der Waals surface area (Å²) in [6.07, 6.45) is 8.45. The van der Waals surface area contributed by atoms with Crippen LogP contribution in [0, 0.1) is 0 Å². The zero-order chi connectivity index (χ0) is 10.8. The van der Waals surface area contributed by atoms with E-state index in [9.17, 15) is 0 Å². The van der Waals surface area contributed by atoms with Crippen LogP contribution in [0.25, 0.3) is 0 Å². The number of piperidine rings is 1. The molecule has 0 saturated carbocycles. The van der Waals surface area contributed by atoms with Gasteiger partial charge < -0.3 is 0 Å². The Morgan fingerprint density at radius 3 is 2.75 bits per heavy atom. The van der Waals surface area contributed by atoms with E-state index in [2.05, 4.69) is 35.2 Å². The highest BCUT2D eigenvalue weighted by atomic mass is 15.2. The molecule has 1 heteroatoms. The van der Waals surface area contributed by atoms with Crippen molar-refractivity contribution in [3.8, 4) is 0 Å². The van der Waals surface area contributed by atoms with Gasteiger partial charge in [-0.1, -0.05) is 36.8 Å².